The van der Waals surface area contributed by atoms with Crippen molar-refractivity contribution in [2.45, 2.75) is 38.4 Å². The van der Waals surface area contributed by atoms with Gasteiger partial charge in [0.15, 0.2) is 0 Å². The van der Waals surface area contributed by atoms with Gasteiger partial charge in [0, 0.05) is 18.0 Å². The van der Waals surface area contributed by atoms with Crippen LogP contribution in [-0.4, -0.2) is 18.8 Å². The van der Waals surface area contributed by atoms with Crippen molar-refractivity contribution in [1.82, 2.24) is 5.32 Å². The Hall–Kier alpha value is -0.690. The van der Waals surface area contributed by atoms with Crippen molar-refractivity contribution in [3.05, 3.63) is 33.8 Å². The Morgan fingerprint density at radius 2 is 1.90 bits per heavy atom. The Labute approximate surface area is 122 Å². The molecule has 0 bridgehead atoms. The van der Waals surface area contributed by atoms with Crippen LogP contribution in [0.4, 0.5) is 22.0 Å². The molecule has 1 atom stereocenters. The summed E-state index contributed by atoms with van der Waals surface area (Å²) in [6.45, 7) is 2.16. The lowest BCUT2D eigenvalue weighted by molar-refractivity contribution is -0.136. The van der Waals surface area contributed by atoms with Gasteiger partial charge in [0.25, 0.3) is 0 Å². The maximum atomic E-state index is 13.8. The fourth-order valence-electron chi connectivity index (χ4n) is 1.91. The quantitative estimate of drug-likeness (QED) is 0.578. The van der Waals surface area contributed by atoms with Crippen molar-refractivity contribution in [3.63, 3.8) is 0 Å². The summed E-state index contributed by atoms with van der Waals surface area (Å²) in [5, 5.41) is 2.83. The lowest BCUT2D eigenvalue weighted by atomic mass is 10.0. The van der Waals surface area contributed by atoms with Crippen molar-refractivity contribution in [2.24, 2.45) is 0 Å². The van der Waals surface area contributed by atoms with E-state index in [2.05, 4.69) is 21.2 Å². The van der Waals surface area contributed by atoms with E-state index < -0.39 is 30.3 Å². The van der Waals surface area contributed by atoms with Crippen LogP contribution in [0.2, 0.25) is 0 Å². The maximum absolute atomic E-state index is 13.8. The molecular formula is C13H15BrF5N. The van der Waals surface area contributed by atoms with Crippen LogP contribution in [0.5, 0.6) is 0 Å². The number of alkyl halides is 3. The van der Waals surface area contributed by atoms with Gasteiger partial charge in [-0.15, -0.1) is 0 Å². The van der Waals surface area contributed by atoms with Crippen LogP contribution in [-0.2, 0) is 6.42 Å². The Balaban J connectivity index is 2.83. The summed E-state index contributed by atoms with van der Waals surface area (Å²) in [4.78, 5) is 0. The van der Waals surface area contributed by atoms with Crippen molar-refractivity contribution < 1.29 is 22.0 Å². The molecule has 0 aromatic heterocycles. The second kappa shape index (κ2) is 7.36. The number of hydrogen-bond donors (Lipinski definition) is 1. The Morgan fingerprint density at radius 1 is 1.25 bits per heavy atom. The van der Waals surface area contributed by atoms with Crippen LogP contribution in [0.25, 0.3) is 0 Å². The molecule has 1 unspecified atom stereocenters. The van der Waals surface area contributed by atoms with Crippen molar-refractivity contribution in [3.8, 4) is 0 Å². The monoisotopic (exact) mass is 359 g/mol. The molecular weight excluding hydrogens is 345 g/mol. The second-order valence-electron chi connectivity index (χ2n) is 4.43. The number of hydrogen-bond acceptors (Lipinski definition) is 1. The minimum Gasteiger partial charge on any atom is -0.314 e. The molecule has 0 saturated heterocycles. The molecule has 0 aliphatic carbocycles. The Morgan fingerprint density at radius 3 is 2.45 bits per heavy atom. The van der Waals surface area contributed by atoms with Gasteiger partial charge in [0.2, 0.25) is 0 Å². The molecule has 7 heteroatoms. The number of benzene rings is 1. The first kappa shape index (κ1) is 17.4. The molecule has 0 heterocycles. The van der Waals surface area contributed by atoms with E-state index in [0.717, 1.165) is 6.07 Å². The smallest absolute Gasteiger partial charge is 0.314 e. The molecule has 0 fully saturated rings. The van der Waals surface area contributed by atoms with Crippen LogP contribution in [0, 0.1) is 11.6 Å². The molecule has 0 amide bonds. The molecule has 0 saturated carbocycles. The SMILES string of the molecule is CCNC(CCC(F)(F)F)Cc1c(F)ccc(Br)c1F. The number of likely N-dealkylation sites (N-methyl/N-ethyl adjacent to an activating group) is 1. The summed E-state index contributed by atoms with van der Waals surface area (Å²) in [6, 6.07) is 1.70. The average Bonchev–Trinajstić information content (AvgIpc) is 2.35. The van der Waals surface area contributed by atoms with Crippen LogP contribution in [0.3, 0.4) is 0 Å². The van der Waals surface area contributed by atoms with Gasteiger partial charge in [0.1, 0.15) is 11.6 Å². The lowest BCUT2D eigenvalue weighted by Gasteiger charge is -2.19. The molecule has 1 rings (SSSR count). The van der Waals surface area contributed by atoms with Crippen LogP contribution in [0.1, 0.15) is 25.3 Å². The van der Waals surface area contributed by atoms with Crippen LogP contribution < -0.4 is 5.32 Å². The normalized spacial score (nSPS) is 13.6. The van der Waals surface area contributed by atoms with Crippen molar-refractivity contribution in [1.29, 1.82) is 0 Å². The highest BCUT2D eigenvalue weighted by Gasteiger charge is 2.28. The maximum Gasteiger partial charge on any atom is 0.389 e. The van der Waals surface area contributed by atoms with E-state index in [9.17, 15) is 22.0 Å². The molecule has 114 valence electrons. The summed E-state index contributed by atoms with van der Waals surface area (Å²) in [5.74, 6) is -1.51. The molecule has 1 aromatic carbocycles. The highest BCUT2D eigenvalue weighted by Crippen LogP contribution is 2.26. The summed E-state index contributed by atoms with van der Waals surface area (Å²) >= 11 is 2.94. The van der Waals surface area contributed by atoms with Crippen molar-refractivity contribution in [2.75, 3.05) is 6.54 Å². The van der Waals surface area contributed by atoms with Gasteiger partial charge >= 0.3 is 6.18 Å². The molecule has 0 aliphatic rings. The summed E-state index contributed by atoms with van der Waals surface area (Å²) < 4.78 is 64.2. The molecule has 20 heavy (non-hydrogen) atoms. The topological polar surface area (TPSA) is 12.0 Å². The lowest BCUT2D eigenvalue weighted by Crippen LogP contribution is -2.33. The van der Waals surface area contributed by atoms with Crippen LogP contribution >= 0.6 is 15.9 Å². The number of halogens is 6. The minimum absolute atomic E-state index is 0.0972. The van der Waals surface area contributed by atoms with Gasteiger partial charge in [-0.25, -0.2) is 8.78 Å². The summed E-state index contributed by atoms with van der Waals surface area (Å²) in [7, 11) is 0. The third-order valence-corrected chi connectivity index (χ3v) is 3.47. The fraction of sp³-hybridized carbons (Fsp3) is 0.538. The second-order valence-corrected chi connectivity index (χ2v) is 5.29. The standard InChI is InChI=1S/C13H15BrF5N/c1-2-20-8(5-6-13(17,18)19)7-9-11(15)4-3-10(14)12(9)16/h3-4,8,20H,2,5-7H2,1H3. The molecule has 0 aliphatic heterocycles. The van der Waals surface area contributed by atoms with E-state index >= 15 is 0 Å². The van der Waals surface area contributed by atoms with Gasteiger partial charge in [-0.05, 0) is 47.4 Å². The molecule has 1 N–H and O–H groups in total. The van der Waals surface area contributed by atoms with E-state index in [1.165, 1.54) is 6.07 Å². The Kier molecular flexibility index (Phi) is 6.39. The van der Waals surface area contributed by atoms with Gasteiger partial charge in [-0.2, -0.15) is 13.2 Å². The minimum atomic E-state index is -4.28. The first-order valence-electron chi connectivity index (χ1n) is 6.17. The Bertz CT molecular complexity index is 447. The van der Waals surface area contributed by atoms with Gasteiger partial charge < -0.3 is 5.32 Å². The van der Waals surface area contributed by atoms with Crippen LogP contribution in [0.15, 0.2) is 16.6 Å². The number of rotatable bonds is 6. The van der Waals surface area contributed by atoms with E-state index in [1.807, 2.05) is 0 Å². The van der Waals surface area contributed by atoms with E-state index in [0.29, 0.717) is 6.54 Å². The average molecular weight is 360 g/mol. The highest BCUT2D eigenvalue weighted by molar-refractivity contribution is 9.10. The molecule has 0 radical (unpaired) electrons. The first-order chi connectivity index (χ1) is 9.24. The largest absolute Gasteiger partial charge is 0.389 e. The zero-order valence-corrected chi connectivity index (χ0v) is 12.4. The zero-order chi connectivity index (χ0) is 15.3. The van der Waals surface area contributed by atoms with Gasteiger partial charge in [-0.1, -0.05) is 6.92 Å². The van der Waals surface area contributed by atoms with E-state index in [-0.39, 0.29) is 22.9 Å². The third kappa shape index (κ3) is 5.36. The molecule has 1 aromatic rings. The third-order valence-electron chi connectivity index (χ3n) is 2.86. The molecule has 1 nitrogen and oxygen atoms in total. The van der Waals surface area contributed by atoms with Gasteiger partial charge in [0.05, 0.1) is 4.47 Å². The summed E-state index contributed by atoms with van der Waals surface area (Å²) in [6.07, 6.45) is -5.60. The molecule has 0 spiro atoms. The predicted octanol–water partition coefficient (Wildman–Crippen LogP) is 4.59. The van der Waals surface area contributed by atoms with Crippen molar-refractivity contribution >= 4 is 15.9 Å². The van der Waals surface area contributed by atoms with E-state index in [4.69, 9.17) is 0 Å². The van der Waals surface area contributed by atoms with Gasteiger partial charge in [-0.3, -0.25) is 0 Å². The fourth-order valence-corrected chi connectivity index (χ4v) is 2.28. The summed E-state index contributed by atoms with van der Waals surface area (Å²) in [5.41, 5.74) is -0.201. The van der Waals surface area contributed by atoms with E-state index in [1.54, 1.807) is 6.92 Å². The zero-order valence-electron chi connectivity index (χ0n) is 10.8. The first-order valence-corrected chi connectivity index (χ1v) is 6.96. The predicted molar refractivity (Wildman–Crippen MR) is 70.5 cm³/mol. The number of nitrogens with one attached hydrogen (secondary N) is 1. The highest BCUT2D eigenvalue weighted by atomic mass is 79.9.